The summed E-state index contributed by atoms with van der Waals surface area (Å²) in [4.78, 5) is 4.44. The van der Waals surface area contributed by atoms with Gasteiger partial charge in [0, 0.05) is 23.5 Å². The summed E-state index contributed by atoms with van der Waals surface area (Å²) < 4.78 is 2.16. The molecule has 0 fully saturated rings. The standard InChI is InChI=1S/C14H19N3/c1-14(2,3)13-16-8-9-17(13)10-11-6-4-5-7-12(11)15/h4-9H,10,15H2,1-3H3. The third-order valence-corrected chi connectivity index (χ3v) is 2.78. The molecule has 1 heterocycles. The quantitative estimate of drug-likeness (QED) is 0.805. The Hall–Kier alpha value is -1.77. The topological polar surface area (TPSA) is 43.8 Å². The molecule has 0 unspecified atom stereocenters. The van der Waals surface area contributed by atoms with Crippen LogP contribution in [0, 0.1) is 0 Å². The van der Waals surface area contributed by atoms with Gasteiger partial charge in [0.1, 0.15) is 5.82 Å². The Bertz CT molecular complexity index is 506. The van der Waals surface area contributed by atoms with Gasteiger partial charge in [0.15, 0.2) is 0 Å². The van der Waals surface area contributed by atoms with Crippen LogP contribution in [0.1, 0.15) is 32.2 Å². The first-order chi connectivity index (χ1) is 7.98. The zero-order valence-corrected chi connectivity index (χ0v) is 10.6. The summed E-state index contributed by atoms with van der Waals surface area (Å²) in [5, 5.41) is 0. The molecule has 2 rings (SSSR count). The Balaban J connectivity index is 2.32. The number of anilines is 1. The molecule has 1 aromatic heterocycles. The minimum Gasteiger partial charge on any atom is -0.398 e. The van der Waals surface area contributed by atoms with Crippen LogP contribution in [0.5, 0.6) is 0 Å². The van der Waals surface area contributed by atoms with Gasteiger partial charge >= 0.3 is 0 Å². The summed E-state index contributed by atoms with van der Waals surface area (Å²) in [5.41, 5.74) is 7.98. The Labute approximate surface area is 102 Å². The van der Waals surface area contributed by atoms with Gasteiger partial charge in [-0.1, -0.05) is 39.0 Å². The summed E-state index contributed by atoms with van der Waals surface area (Å²) in [7, 11) is 0. The molecule has 0 bridgehead atoms. The van der Waals surface area contributed by atoms with Crippen LogP contribution >= 0.6 is 0 Å². The van der Waals surface area contributed by atoms with E-state index < -0.39 is 0 Å². The predicted molar refractivity (Wildman–Crippen MR) is 70.9 cm³/mol. The lowest BCUT2D eigenvalue weighted by Crippen LogP contribution is -2.19. The lowest BCUT2D eigenvalue weighted by molar-refractivity contribution is 0.511. The Morgan fingerprint density at radius 1 is 1.24 bits per heavy atom. The number of aromatic nitrogens is 2. The number of nitrogens with zero attached hydrogens (tertiary/aromatic N) is 2. The maximum absolute atomic E-state index is 5.96. The van der Waals surface area contributed by atoms with Crippen molar-refractivity contribution >= 4 is 5.69 Å². The highest BCUT2D eigenvalue weighted by molar-refractivity contribution is 5.46. The van der Waals surface area contributed by atoms with E-state index in [-0.39, 0.29) is 5.41 Å². The van der Waals surface area contributed by atoms with Gasteiger partial charge in [-0.2, -0.15) is 0 Å². The fourth-order valence-electron chi connectivity index (χ4n) is 1.94. The molecule has 0 amide bonds. The molecule has 17 heavy (non-hydrogen) atoms. The summed E-state index contributed by atoms with van der Waals surface area (Å²) in [6, 6.07) is 7.96. The molecule has 0 aliphatic carbocycles. The van der Waals surface area contributed by atoms with Crippen LogP contribution in [0.4, 0.5) is 5.69 Å². The minimum atomic E-state index is 0.0487. The van der Waals surface area contributed by atoms with E-state index in [0.29, 0.717) is 0 Å². The molecule has 0 spiro atoms. The minimum absolute atomic E-state index is 0.0487. The lowest BCUT2D eigenvalue weighted by Gasteiger charge is -2.20. The van der Waals surface area contributed by atoms with E-state index in [1.54, 1.807) is 0 Å². The number of hydrogen-bond acceptors (Lipinski definition) is 2. The lowest BCUT2D eigenvalue weighted by atomic mass is 9.95. The number of rotatable bonds is 2. The second kappa shape index (κ2) is 4.24. The second-order valence-electron chi connectivity index (χ2n) is 5.33. The number of benzene rings is 1. The third kappa shape index (κ3) is 2.49. The van der Waals surface area contributed by atoms with E-state index in [9.17, 15) is 0 Å². The fraction of sp³-hybridized carbons (Fsp3) is 0.357. The first kappa shape index (κ1) is 11.7. The average molecular weight is 229 g/mol. The van der Waals surface area contributed by atoms with Crippen molar-refractivity contribution < 1.29 is 0 Å². The third-order valence-electron chi connectivity index (χ3n) is 2.78. The van der Waals surface area contributed by atoms with Crippen molar-refractivity contribution in [3.8, 4) is 0 Å². The molecule has 0 saturated carbocycles. The normalized spacial score (nSPS) is 11.7. The smallest absolute Gasteiger partial charge is 0.114 e. The Morgan fingerprint density at radius 3 is 2.59 bits per heavy atom. The van der Waals surface area contributed by atoms with Crippen LogP contribution in [0.3, 0.4) is 0 Å². The monoisotopic (exact) mass is 229 g/mol. The highest BCUT2D eigenvalue weighted by Gasteiger charge is 2.19. The molecule has 90 valence electrons. The maximum Gasteiger partial charge on any atom is 0.114 e. The van der Waals surface area contributed by atoms with Gasteiger partial charge in [0.05, 0.1) is 6.54 Å². The molecule has 0 aliphatic heterocycles. The SMILES string of the molecule is CC(C)(C)c1nccn1Cc1ccccc1N. The fourth-order valence-corrected chi connectivity index (χ4v) is 1.94. The molecule has 0 radical (unpaired) electrons. The van der Waals surface area contributed by atoms with Crippen LogP contribution in [0.2, 0.25) is 0 Å². The van der Waals surface area contributed by atoms with E-state index in [2.05, 4.69) is 36.4 Å². The highest BCUT2D eigenvalue weighted by Crippen LogP contribution is 2.22. The van der Waals surface area contributed by atoms with Crippen molar-refractivity contribution in [2.45, 2.75) is 32.7 Å². The molecule has 0 atom stereocenters. The van der Waals surface area contributed by atoms with Crippen molar-refractivity contribution in [2.75, 3.05) is 5.73 Å². The number of para-hydroxylation sites is 1. The Morgan fingerprint density at radius 2 is 1.94 bits per heavy atom. The predicted octanol–water partition coefficient (Wildman–Crippen LogP) is 2.81. The van der Waals surface area contributed by atoms with E-state index in [1.807, 2.05) is 30.6 Å². The average Bonchev–Trinajstić information content (AvgIpc) is 2.69. The zero-order valence-electron chi connectivity index (χ0n) is 10.6. The Kier molecular flexibility index (Phi) is 2.92. The molecule has 0 aliphatic rings. The molecular weight excluding hydrogens is 210 g/mol. The van der Waals surface area contributed by atoms with Crippen LogP contribution in [-0.2, 0) is 12.0 Å². The van der Waals surface area contributed by atoms with E-state index in [1.165, 1.54) is 0 Å². The number of nitrogen functional groups attached to an aromatic ring is 1. The molecule has 3 heteroatoms. The van der Waals surface area contributed by atoms with Gasteiger partial charge in [-0.15, -0.1) is 0 Å². The van der Waals surface area contributed by atoms with E-state index in [0.717, 1.165) is 23.6 Å². The number of hydrogen-bond donors (Lipinski definition) is 1. The van der Waals surface area contributed by atoms with E-state index >= 15 is 0 Å². The summed E-state index contributed by atoms with van der Waals surface area (Å²) >= 11 is 0. The maximum atomic E-state index is 5.96. The zero-order chi connectivity index (χ0) is 12.5. The van der Waals surface area contributed by atoms with Crippen molar-refractivity contribution in [2.24, 2.45) is 0 Å². The van der Waals surface area contributed by atoms with Crippen molar-refractivity contribution in [1.82, 2.24) is 9.55 Å². The van der Waals surface area contributed by atoms with Crippen LogP contribution < -0.4 is 5.73 Å². The molecular formula is C14H19N3. The van der Waals surface area contributed by atoms with Crippen molar-refractivity contribution in [3.05, 3.63) is 48.0 Å². The number of imidazole rings is 1. The summed E-state index contributed by atoms with van der Waals surface area (Å²) in [5.74, 6) is 1.08. The second-order valence-corrected chi connectivity index (χ2v) is 5.33. The summed E-state index contributed by atoms with van der Waals surface area (Å²) in [6.07, 6.45) is 3.85. The van der Waals surface area contributed by atoms with Gasteiger partial charge in [-0.05, 0) is 11.6 Å². The molecule has 3 nitrogen and oxygen atoms in total. The van der Waals surface area contributed by atoms with E-state index in [4.69, 9.17) is 5.73 Å². The summed E-state index contributed by atoms with van der Waals surface area (Å²) in [6.45, 7) is 7.28. The van der Waals surface area contributed by atoms with Gasteiger partial charge in [0.2, 0.25) is 0 Å². The molecule has 2 N–H and O–H groups in total. The van der Waals surface area contributed by atoms with Gasteiger partial charge in [0.25, 0.3) is 0 Å². The van der Waals surface area contributed by atoms with Crippen LogP contribution in [-0.4, -0.2) is 9.55 Å². The van der Waals surface area contributed by atoms with Crippen LogP contribution in [0.15, 0.2) is 36.7 Å². The van der Waals surface area contributed by atoms with Gasteiger partial charge in [-0.3, -0.25) is 0 Å². The first-order valence-electron chi connectivity index (χ1n) is 5.83. The largest absolute Gasteiger partial charge is 0.398 e. The van der Waals surface area contributed by atoms with Gasteiger partial charge < -0.3 is 10.3 Å². The highest BCUT2D eigenvalue weighted by atomic mass is 15.1. The molecule has 0 saturated heterocycles. The van der Waals surface area contributed by atoms with Crippen molar-refractivity contribution in [1.29, 1.82) is 0 Å². The van der Waals surface area contributed by atoms with Crippen molar-refractivity contribution in [3.63, 3.8) is 0 Å². The van der Waals surface area contributed by atoms with Crippen LogP contribution in [0.25, 0.3) is 0 Å². The molecule has 2 aromatic rings. The van der Waals surface area contributed by atoms with Gasteiger partial charge in [-0.25, -0.2) is 4.98 Å². The molecule has 1 aromatic carbocycles. The number of nitrogens with two attached hydrogens (primary N) is 1. The first-order valence-corrected chi connectivity index (χ1v) is 5.83.